The van der Waals surface area contributed by atoms with Crippen LogP contribution in [-0.2, 0) is 18.4 Å². The fraction of sp³-hybridized carbons (Fsp3) is 0.222. The van der Waals surface area contributed by atoms with Gasteiger partial charge in [0.25, 0.3) is 0 Å². The number of carbonyl (C=O) groups excluding carboxylic acids is 1. The molecule has 1 heterocycles. The predicted molar refractivity (Wildman–Crippen MR) is 91.6 cm³/mol. The quantitative estimate of drug-likeness (QED) is 0.801. The summed E-state index contributed by atoms with van der Waals surface area (Å²) in [5.41, 5.74) is 2.72. The van der Waals surface area contributed by atoms with E-state index in [0.717, 1.165) is 11.0 Å². The zero-order chi connectivity index (χ0) is 17.3. The second-order valence-electron chi connectivity index (χ2n) is 5.74. The smallest absolute Gasteiger partial charge is 0.326 e. The highest BCUT2D eigenvalue weighted by molar-refractivity contribution is 5.91. The number of aromatic nitrogens is 2. The maximum Gasteiger partial charge on any atom is 0.328 e. The molecule has 0 unspecified atom stereocenters. The molecule has 6 heteroatoms. The molecule has 3 aromatic rings. The first-order valence-electron chi connectivity index (χ1n) is 7.67. The van der Waals surface area contributed by atoms with Crippen LogP contribution in [0.2, 0.25) is 0 Å². The van der Waals surface area contributed by atoms with Crippen molar-refractivity contribution in [3.63, 3.8) is 0 Å². The fourth-order valence-corrected chi connectivity index (χ4v) is 2.77. The molecule has 3 rings (SSSR count). The van der Waals surface area contributed by atoms with Gasteiger partial charge in [-0.15, -0.1) is 0 Å². The molecular formula is C18H18FN3O2. The Bertz CT molecular complexity index is 972. The van der Waals surface area contributed by atoms with Crippen molar-refractivity contribution in [3.8, 4) is 0 Å². The first-order chi connectivity index (χ1) is 11.5. The summed E-state index contributed by atoms with van der Waals surface area (Å²) in [5, 5.41) is 2.75. The number of imidazole rings is 1. The van der Waals surface area contributed by atoms with Gasteiger partial charge < -0.3 is 5.32 Å². The normalized spacial score (nSPS) is 11.0. The Labute approximate surface area is 138 Å². The Hall–Kier alpha value is -2.89. The number of anilines is 1. The minimum absolute atomic E-state index is 0.151. The average molecular weight is 327 g/mol. The number of hydrogen-bond acceptors (Lipinski definition) is 2. The van der Waals surface area contributed by atoms with Gasteiger partial charge in [0.15, 0.2) is 0 Å². The minimum atomic E-state index is -0.340. The van der Waals surface area contributed by atoms with Crippen LogP contribution in [0.4, 0.5) is 10.1 Å². The SMILES string of the molecule is Cc1cc(F)ccc1NC(=O)CCn1c(=O)n(C)c2ccccc21. The molecule has 24 heavy (non-hydrogen) atoms. The van der Waals surface area contributed by atoms with Crippen molar-refractivity contribution in [1.29, 1.82) is 0 Å². The van der Waals surface area contributed by atoms with Crippen molar-refractivity contribution in [2.24, 2.45) is 7.05 Å². The van der Waals surface area contributed by atoms with E-state index in [1.54, 1.807) is 23.1 Å². The molecule has 0 saturated heterocycles. The van der Waals surface area contributed by atoms with Crippen LogP contribution in [0.5, 0.6) is 0 Å². The standard InChI is InChI=1S/C18H18FN3O2/c1-12-11-13(19)7-8-14(12)20-17(23)9-10-22-16-6-4-3-5-15(16)21(2)18(22)24/h3-8,11H,9-10H2,1-2H3,(H,20,23). The number of aryl methyl sites for hydroxylation is 3. The van der Waals surface area contributed by atoms with E-state index >= 15 is 0 Å². The van der Waals surface area contributed by atoms with Crippen molar-refractivity contribution in [3.05, 3.63) is 64.3 Å². The average Bonchev–Trinajstić information content (AvgIpc) is 2.80. The minimum Gasteiger partial charge on any atom is -0.326 e. The van der Waals surface area contributed by atoms with Gasteiger partial charge in [-0.25, -0.2) is 9.18 Å². The van der Waals surface area contributed by atoms with E-state index in [1.165, 1.54) is 18.2 Å². The van der Waals surface area contributed by atoms with E-state index in [2.05, 4.69) is 5.32 Å². The molecule has 0 fully saturated rings. The molecule has 1 aromatic heterocycles. The topological polar surface area (TPSA) is 56.0 Å². The lowest BCUT2D eigenvalue weighted by molar-refractivity contribution is -0.116. The highest BCUT2D eigenvalue weighted by Gasteiger charge is 2.12. The third-order valence-electron chi connectivity index (χ3n) is 4.08. The lowest BCUT2D eigenvalue weighted by Gasteiger charge is -2.09. The summed E-state index contributed by atoms with van der Waals surface area (Å²) < 4.78 is 16.3. The number of para-hydroxylation sites is 2. The van der Waals surface area contributed by atoms with Gasteiger partial charge in [0.05, 0.1) is 11.0 Å². The maximum absolute atomic E-state index is 13.1. The van der Waals surface area contributed by atoms with E-state index in [4.69, 9.17) is 0 Å². The highest BCUT2D eigenvalue weighted by atomic mass is 19.1. The molecule has 0 aliphatic carbocycles. The van der Waals surface area contributed by atoms with Crippen LogP contribution < -0.4 is 11.0 Å². The summed E-state index contributed by atoms with van der Waals surface area (Å²) in [6.07, 6.45) is 0.157. The number of amides is 1. The van der Waals surface area contributed by atoms with Gasteiger partial charge in [-0.3, -0.25) is 13.9 Å². The summed E-state index contributed by atoms with van der Waals surface area (Å²) in [6.45, 7) is 2.01. The summed E-state index contributed by atoms with van der Waals surface area (Å²) in [5.74, 6) is -0.558. The van der Waals surface area contributed by atoms with Gasteiger partial charge in [-0.05, 0) is 42.8 Å². The second kappa shape index (κ2) is 6.31. The number of nitrogens with one attached hydrogen (secondary N) is 1. The van der Waals surface area contributed by atoms with E-state index < -0.39 is 0 Å². The zero-order valence-electron chi connectivity index (χ0n) is 13.5. The number of nitrogens with zero attached hydrogens (tertiary/aromatic N) is 2. The molecule has 0 radical (unpaired) electrons. The number of benzene rings is 2. The number of hydrogen-bond donors (Lipinski definition) is 1. The second-order valence-corrected chi connectivity index (χ2v) is 5.74. The predicted octanol–water partition coefficient (Wildman–Crippen LogP) is 2.82. The van der Waals surface area contributed by atoms with Gasteiger partial charge in [-0.1, -0.05) is 12.1 Å². The lowest BCUT2D eigenvalue weighted by atomic mass is 10.2. The van der Waals surface area contributed by atoms with Crippen LogP contribution in [0.3, 0.4) is 0 Å². The lowest BCUT2D eigenvalue weighted by Crippen LogP contribution is -2.24. The van der Waals surface area contributed by atoms with Crippen molar-refractivity contribution in [1.82, 2.24) is 9.13 Å². The van der Waals surface area contributed by atoms with Crippen LogP contribution >= 0.6 is 0 Å². The van der Waals surface area contributed by atoms with Crippen LogP contribution in [0, 0.1) is 12.7 Å². The van der Waals surface area contributed by atoms with E-state index in [1.807, 2.05) is 24.3 Å². The van der Waals surface area contributed by atoms with Crippen molar-refractivity contribution in [2.75, 3.05) is 5.32 Å². The highest BCUT2D eigenvalue weighted by Crippen LogP contribution is 2.16. The molecule has 5 nitrogen and oxygen atoms in total. The number of rotatable bonds is 4. The Morgan fingerprint density at radius 3 is 2.58 bits per heavy atom. The first-order valence-corrected chi connectivity index (χ1v) is 7.67. The van der Waals surface area contributed by atoms with Gasteiger partial charge in [0.2, 0.25) is 5.91 Å². The molecule has 0 atom stereocenters. The van der Waals surface area contributed by atoms with Crippen LogP contribution in [0.25, 0.3) is 11.0 Å². The molecule has 1 amide bonds. The Balaban J connectivity index is 1.75. The van der Waals surface area contributed by atoms with E-state index in [9.17, 15) is 14.0 Å². The zero-order valence-corrected chi connectivity index (χ0v) is 13.5. The van der Waals surface area contributed by atoms with Crippen molar-refractivity contribution >= 4 is 22.6 Å². The van der Waals surface area contributed by atoms with Gasteiger partial charge >= 0.3 is 5.69 Å². The summed E-state index contributed by atoms with van der Waals surface area (Å²) >= 11 is 0. The van der Waals surface area contributed by atoms with Crippen LogP contribution in [0.1, 0.15) is 12.0 Å². The monoisotopic (exact) mass is 327 g/mol. The number of carbonyl (C=O) groups is 1. The van der Waals surface area contributed by atoms with Crippen LogP contribution in [0.15, 0.2) is 47.3 Å². The third-order valence-corrected chi connectivity index (χ3v) is 4.08. The molecule has 0 saturated carbocycles. The molecule has 1 N–H and O–H groups in total. The van der Waals surface area contributed by atoms with E-state index in [-0.39, 0.29) is 30.4 Å². The Morgan fingerprint density at radius 2 is 1.88 bits per heavy atom. The largest absolute Gasteiger partial charge is 0.328 e. The maximum atomic E-state index is 13.1. The molecule has 0 aliphatic rings. The first kappa shape index (κ1) is 16.0. The van der Waals surface area contributed by atoms with Crippen molar-refractivity contribution in [2.45, 2.75) is 19.9 Å². The molecule has 124 valence electrons. The Morgan fingerprint density at radius 1 is 1.17 bits per heavy atom. The van der Waals surface area contributed by atoms with Crippen molar-refractivity contribution < 1.29 is 9.18 Å². The molecule has 0 aliphatic heterocycles. The molecule has 2 aromatic carbocycles. The third kappa shape index (κ3) is 2.95. The molecule has 0 spiro atoms. The van der Waals surface area contributed by atoms with Gasteiger partial charge in [0.1, 0.15) is 5.82 Å². The number of fused-ring (bicyclic) bond motifs is 1. The molecule has 0 bridgehead atoms. The summed E-state index contributed by atoms with van der Waals surface area (Å²) in [6, 6.07) is 11.7. The summed E-state index contributed by atoms with van der Waals surface area (Å²) in [7, 11) is 1.71. The van der Waals surface area contributed by atoms with Crippen LogP contribution in [-0.4, -0.2) is 15.0 Å². The van der Waals surface area contributed by atoms with Gasteiger partial charge in [0, 0.05) is 25.7 Å². The number of halogens is 1. The van der Waals surface area contributed by atoms with Gasteiger partial charge in [-0.2, -0.15) is 0 Å². The van der Waals surface area contributed by atoms with E-state index in [0.29, 0.717) is 11.3 Å². The Kier molecular flexibility index (Phi) is 4.20. The summed E-state index contributed by atoms with van der Waals surface area (Å²) in [4.78, 5) is 24.5. The fourth-order valence-electron chi connectivity index (χ4n) is 2.77. The molecular weight excluding hydrogens is 309 g/mol.